The number of hydrogen-bond acceptors (Lipinski definition) is 5. The molecule has 0 spiro atoms. The van der Waals surface area contributed by atoms with E-state index in [4.69, 9.17) is 27.9 Å². The van der Waals surface area contributed by atoms with Crippen molar-refractivity contribution in [3.63, 3.8) is 0 Å². The Bertz CT molecular complexity index is 1490. The first-order chi connectivity index (χ1) is 20.2. The minimum absolute atomic E-state index is 0.00191. The van der Waals surface area contributed by atoms with Gasteiger partial charge in [0.2, 0.25) is 21.8 Å². The van der Waals surface area contributed by atoms with E-state index in [-0.39, 0.29) is 44.2 Å². The summed E-state index contributed by atoms with van der Waals surface area (Å²) < 4.78 is 31.9. The molecular formula is C32H39Cl2N3O5S. The third kappa shape index (κ3) is 10.2. The van der Waals surface area contributed by atoms with Gasteiger partial charge in [0.1, 0.15) is 11.8 Å². The predicted octanol–water partition coefficient (Wildman–Crippen LogP) is 6.10. The number of anilines is 1. The maximum absolute atomic E-state index is 14.0. The van der Waals surface area contributed by atoms with E-state index in [1.165, 1.54) is 16.3 Å². The summed E-state index contributed by atoms with van der Waals surface area (Å²) in [6.45, 7) is 5.67. The van der Waals surface area contributed by atoms with E-state index in [0.717, 1.165) is 11.8 Å². The summed E-state index contributed by atoms with van der Waals surface area (Å²) in [6.07, 6.45) is 1.56. The lowest BCUT2D eigenvalue weighted by Crippen LogP contribution is -2.54. The Hall–Kier alpha value is -3.27. The molecule has 0 radical (unpaired) electrons. The van der Waals surface area contributed by atoms with Crippen LogP contribution in [0, 0.1) is 0 Å². The average Bonchev–Trinajstić information content (AvgIpc) is 2.93. The molecule has 43 heavy (non-hydrogen) atoms. The summed E-state index contributed by atoms with van der Waals surface area (Å²) in [5, 5.41) is 3.77. The molecule has 0 aliphatic rings. The van der Waals surface area contributed by atoms with Crippen LogP contribution in [-0.2, 0) is 32.6 Å². The molecule has 0 fully saturated rings. The van der Waals surface area contributed by atoms with Gasteiger partial charge in [0.15, 0.2) is 0 Å². The van der Waals surface area contributed by atoms with Gasteiger partial charge in [-0.05, 0) is 57.0 Å². The normalized spacial score (nSPS) is 12.3. The third-order valence-electron chi connectivity index (χ3n) is 6.65. The second kappa shape index (κ2) is 14.9. The summed E-state index contributed by atoms with van der Waals surface area (Å²) >= 11 is 13.0. The lowest BCUT2D eigenvalue weighted by Gasteiger charge is -2.34. The van der Waals surface area contributed by atoms with Crippen LogP contribution < -0.4 is 14.4 Å². The monoisotopic (exact) mass is 647 g/mol. The second-order valence-corrected chi connectivity index (χ2v) is 14.0. The molecule has 3 aromatic rings. The fourth-order valence-electron chi connectivity index (χ4n) is 4.63. The molecule has 0 heterocycles. The summed E-state index contributed by atoms with van der Waals surface area (Å²) in [7, 11) is -2.15. The van der Waals surface area contributed by atoms with Gasteiger partial charge in [-0.25, -0.2) is 8.42 Å². The first-order valence-corrected chi connectivity index (χ1v) is 16.5. The molecular weight excluding hydrogens is 609 g/mol. The zero-order valence-electron chi connectivity index (χ0n) is 25.1. The molecule has 1 N–H and O–H groups in total. The third-order valence-corrected chi connectivity index (χ3v) is 8.56. The van der Waals surface area contributed by atoms with Gasteiger partial charge in [0.25, 0.3) is 0 Å². The minimum atomic E-state index is -3.66. The molecule has 2 amide bonds. The van der Waals surface area contributed by atoms with Crippen LogP contribution >= 0.6 is 23.2 Å². The zero-order valence-corrected chi connectivity index (χ0v) is 27.5. The van der Waals surface area contributed by atoms with Crippen molar-refractivity contribution >= 4 is 50.7 Å². The number of carbonyl (C=O) groups is 2. The topological polar surface area (TPSA) is 96.0 Å². The molecule has 0 bridgehead atoms. The number of methoxy groups -OCH3 is 1. The van der Waals surface area contributed by atoms with Crippen molar-refractivity contribution in [2.45, 2.75) is 58.2 Å². The number of hydrogen-bond donors (Lipinski definition) is 1. The van der Waals surface area contributed by atoms with Crippen molar-refractivity contribution in [1.82, 2.24) is 10.2 Å². The summed E-state index contributed by atoms with van der Waals surface area (Å²) in [4.78, 5) is 29.3. The molecule has 0 saturated heterocycles. The van der Waals surface area contributed by atoms with Crippen molar-refractivity contribution in [2.75, 3.05) is 24.2 Å². The van der Waals surface area contributed by atoms with Crippen molar-refractivity contribution in [3.8, 4) is 5.75 Å². The quantitative estimate of drug-likeness (QED) is 0.242. The van der Waals surface area contributed by atoms with Gasteiger partial charge in [-0.3, -0.25) is 13.9 Å². The number of benzene rings is 3. The lowest BCUT2D eigenvalue weighted by molar-refractivity contribution is -0.142. The van der Waals surface area contributed by atoms with E-state index < -0.39 is 21.6 Å². The van der Waals surface area contributed by atoms with E-state index >= 15 is 0 Å². The molecule has 1 unspecified atom stereocenters. The maximum atomic E-state index is 14.0. The van der Waals surface area contributed by atoms with Gasteiger partial charge in [0, 0.05) is 53.1 Å². The molecule has 232 valence electrons. The van der Waals surface area contributed by atoms with Crippen LogP contribution in [-0.4, -0.2) is 56.6 Å². The van der Waals surface area contributed by atoms with Gasteiger partial charge < -0.3 is 15.0 Å². The van der Waals surface area contributed by atoms with Gasteiger partial charge in [-0.15, -0.1) is 0 Å². The van der Waals surface area contributed by atoms with Gasteiger partial charge in [-0.2, -0.15) is 0 Å². The SMILES string of the molecule is COc1cccc(N(CCCC(=O)N(Cc2c(Cl)cccc2Cl)C(Cc2ccccc2)C(=O)NC(C)(C)C)S(C)(=O)=O)c1. The van der Waals surface area contributed by atoms with Crippen LogP contribution in [0.25, 0.3) is 0 Å². The molecule has 0 aromatic heterocycles. The number of ether oxygens (including phenoxy) is 1. The van der Waals surface area contributed by atoms with Crippen molar-refractivity contribution in [3.05, 3.63) is 94.0 Å². The van der Waals surface area contributed by atoms with Crippen molar-refractivity contribution in [1.29, 1.82) is 0 Å². The highest BCUT2D eigenvalue weighted by Crippen LogP contribution is 2.28. The van der Waals surface area contributed by atoms with E-state index in [2.05, 4.69) is 5.32 Å². The van der Waals surface area contributed by atoms with Gasteiger partial charge >= 0.3 is 0 Å². The van der Waals surface area contributed by atoms with Crippen LogP contribution in [0.3, 0.4) is 0 Å². The molecule has 1 atom stereocenters. The first-order valence-electron chi connectivity index (χ1n) is 13.9. The van der Waals surface area contributed by atoms with Crippen LogP contribution in [0.1, 0.15) is 44.7 Å². The van der Waals surface area contributed by atoms with Gasteiger partial charge in [0.05, 0.1) is 19.1 Å². The highest BCUT2D eigenvalue weighted by Gasteiger charge is 2.33. The number of rotatable bonds is 13. The molecule has 0 aliphatic carbocycles. The Labute approximate surface area is 265 Å². The maximum Gasteiger partial charge on any atom is 0.243 e. The Kier molecular flexibility index (Phi) is 11.9. The smallest absolute Gasteiger partial charge is 0.243 e. The van der Waals surface area contributed by atoms with E-state index in [0.29, 0.717) is 27.0 Å². The van der Waals surface area contributed by atoms with Crippen LogP contribution in [0.5, 0.6) is 5.75 Å². The lowest BCUT2D eigenvalue weighted by atomic mass is 10.00. The Morgan fingerprint density at radius 3 is 2.16 bits per heavy atom. The molecule has 0 saturated carbocycles. The van der Waals surface area contributed by atoms with Crippen molar-refractivity contribution < 1.29 is 22.7 Å². The number of sulfonamides is 1. The molecule has 8 nitrogen and oxygen atoms in total. The Morgan fingerprint density at radius 1 is 0.953 bits per heavy atom. The van der Waals surface area contributed by atoms with Crippen molar-refractivity contribution in [2.24, 2.45) is 0 Å². The Morgan fingerprint density at radius 2 is 1.58 bits per heavy atom. The molecule has 11 heteroatoms. The Balaban J connectivity index is 1.95. The van der Waals surface area contributed by atoms with E-state index in [1.54, 1.807) is 42.5 Å². The number of carbonyl (C=O) groups excluding carboxylic acids is 2. The second-order valence-electron chi connectivity index (χ2n) is 11.3. The highest BCUT2D eigenvalue weighted by atomic mass is 35.5. The van der Waals surface area contributed by atoms with Crippen LogP contribution in [0.4, 0.5) is 5.69 Å². The summed E-state index contributed by atoms with van der Waals surface area (Å²) in [5.74, 6) is -0.138. The molecule has 3 aromatic carbocycles. The number of halogens is 2. The first kappa shape index (κ1) is 34.2. The van der Waals surface area contributed by atoms with E-state index in [9.17, 15) is 18.0 Å². The fraction of sp³-hybridized carbons (Fsp3) is 0.375. The van der Waals surface area contributed by atoms with Gasteiger partial charge in [-0.1, -0.05) is 65.7 Å². The number of amides is 2. The predicted molar refractivity (Wildman–Crippen MR) is 173 cm³/mol. The van der Waals surface area contributed by atoms with Crippen LogP contribution in [0.15, 0.2) is 72.8 Å². The fourth-order valence-corrected chi connectivity index (χ4v) is 6.10. The minimum Gasteiger partial charge on any atom is -0.497 e. The van der Waals surface area contributed by atoms with Crippen LogP contribution in [0.2, 0.25) is 10.0 Å². The largest absolute Gasteiger partial charge is 0.497 e. The number of nitrogens with one attached hydrogen (secondary N) is 1. The molecule has 3 rings (SSSR count). The zero-order chi connectivity index (χ0) is 31.8. The number of nitrogens with zero attached hydrogens (tertiary/aromatic N) is 2. The van der Waals surface area contributed by atoms with E-state index in [1.807, 2.05) is 51.1 Å². The average molecular weight is 649 g/mol. The standard InChI is InChI=1S/C32H39Cl2N3O5S/c1-32(2,3)35-31(39)29(20-23-12-7-6-8-13-23)36(22-26-27(33)16-10-17-28(26)34)30(38)18-11-19-37(43(5,40)41)24-14-9-15-25(21-24)42-4/h6-10,12-17,21,29H,11,18-20,22H2,1-5H3,(H,35,39). The summed E-state index contributed by atoms with van der Waals surface area (Å²) in [5.41, 5.74) is 1.28. The molecule has 0 aliphatic heterocycles. The highest BCUT2D eigenvalue weighted by molar-refractivity contribution is 7.92. The summed E-state index contributed by atoms with van der Waals surface area (Å²) in [6, 6.07) is 20.4.